The Kier molecular flexibility index (Phi) is 9.18. The number of rotatable bonds is 8. The average Bonchev–Trinajstić information content (AvgIpc) is 3.71. The van der Waals surface area contributed by atoms with Crippen LogP contribution in [0.1, 0.15) is 43.6 Å². The third-order valence-corrected chi connectivity index (χ3v) is 10.8. The number of urea groups is 1. The Hall–Kier alpha value is -3.27. The van der Waals surface area contributed by atoms with Crippen molar-refractivity contribution in [2.24, 2.45) is 24.6 Å². The SMILES string of the molecule is C[C@@H](O)[C@H]1C(=O)N2C(C(=O)O)=C(S[C@@H]3CN[C@H](C(=O)N(C)C)C3)[C@H](C)[C@H]12.Cn1ncc2c1C(CN)N1CC2N(OS(=O)(=O)O)C1=O. The number of nitrogens with zero attached hydrogens (tertiary/aromatic N) is 6. The highest BCUT2D eigenvalue weighted by atomic mass is 32.3. The molecule has 8 atom stereocenters. The number of hydroxylamine groups is 2. The smallest absolute Gasteiger partial charge is 0.418 e. The van der Waals surface area contributed by atoms with E-state index in [1.165, 1.54) is 21.6 Å². The lowest BCUT2D eigenvalue weighted by Gasteiger charge is -2.46. The van der Waals surface area contributed by atoms with Crippen molar-refractivity contribution < 1.29 is 46.6 Å². The van der Waals surface area contributed by atoms with Gasteiger partial charge in [0.05, 0.1) is 48.6 Å². The number of carbonyl (C=O) groups excluding carboxylic acids is 3. The van der Waals surface area contributed by atoms with Gasteiger partial charge >= 0.3 is 22.4 Å². The van der Waals surface area contributed by atoms with Crippen molar-refractivity contribution in [1.82, 2.24) is 34.9 Å². The number of β-lactam (4-membered cyclic amide) rings is 1. The molecule has 3 fully saturated rings. The van der Waals surface area contributed by atoms with Crippen molar-refractivity contribution in [1.29, 1.82) is 0 Å². The van der Waals surface area contributed by atoms with Gasteiger partial charge < -0.3 is 36.0 Å². The van der Waals surface area contributed by atoms with Crippen LogP contribution in [-0.2, 0) is 36.1 Å². The van der Waals surface area contributed by atoms with E-state index in [1.54, 1.807) is 43.8 Å². The molecule has 20 heteroatoms. The van der Waals surface area contributed by atoms with E-state index in [9.17, 15) is 37.8 Å². The first-order chi connectivity index (χ1) is 21.5. The topological polar surface area (TPSA) is 241 Å². The van der Waals surface area contributed by atoms with Gasteiger partial charge in [-0.05, 0) is 13.3 Å². The minimum atomic E-state index is -4.78. The molecule has 46 heavy (non-hydrogen) atoms. The van der Waals surface area contributed by atoms with Crippen LogP contribution in [0.15, 0.2) is 16.8 Å². The monoisotopic (exact) mass is 686 g/mol. The zero-order valence-corrected chi connectivity index (χ0v) is 27.4. The van der Waals surface area contributed by atoms with Crippen LogP contribution >= 0.6 is 11.8 Å². The molecule has 5 aliphatic rings. The van der Waals surface area contributed by atoms with E-state index in [1.807, 2.05) is 6.92 Å². The van der Waals surface area contributed by atoms with E-state index in [-0.39, 0.29) is 53.9 Å². The first kappa shape index (κ1) is 34.1. The van der Waals surface area contributed by atoms with Gasteiger partial charge in [-0.2, -0.15) is 18.6 Å². The molecule has 1 aromatic heterocycles. The lowest BCUT2D eigenvalue weighted by atomic mass is 9.79. The van der Waals surface area contributed by atoms with Crippen LogP contribution < -0.4 is 11.1 Å². The quantitative estimate of drug-likeness (QED) is 0.157. The number of carboxylic acid groups (broad SMARTS) is 1. The van der Waals surface area contributed by atoms with Crippen molar-refractivity contribution in [3.8, 4) is 0 Å². The molecule has 1 aromatic rings. The second-order valence-corrected chi connectivity index (χ2v) is 14.4. The summed E-state index contributed by atoms with van der Waals surface area (Å²) in [5.41, 5.74) is 7.14. The number of fused-ring (bicyclic) bond motifs is 5. The molecule has 0 radical (unpaired) electrons. The molecule has 5 aliphatic heterocycles. The number of hydrogen-bond donors (Lipinski definition) is 5. The fraction of sp³-hybridized carbons (Fsp3) is 0.654. The summed E-state index contributed by atoms with van der Waals surface area (Å²) >= 11 is 1.45. The molecule has 6 N–H and O–H groups in total. The van der Waals surface area contributed by atoms with Crippen LogP contribution in [0.3, 0.4) is 0 Å². The lowest BCUT2D eigenvalue weighted by molar-refractivity contribution is -0.163. The number of nitrogens with two attached hydrogens (primary N) is 1. The summed E-state index contributed by atoms with van der Waals surface area (Å²) in [6, 6.07) is -2.27. The summed E-state index contributed by atoms with van der Waals surface area (Å²) in [4.78, 5) is 53.4. The standard InChI is InChI=1S/C17H25N3O5S.C9H13N5O5S/c1-7-12-11(8(2)21)16(23)20(12)13(17(24)25)14(7)26-9-5-10(18-6-9)15(22)19(3)4;1-12-8-5(3-11-12)7-4-13(6(8)2-10)9(15)14(7)19-20(16,17)18/h7-12,18,21H,5-6H2,1-4H3,(H,24,25);3,6-7H,2,4,10H2,1H3,(H,16,17,18)/t7-,8-,9+,10+,11-,12-;/m1./s1. The maximum atomic E-state index is 12.3. The second-order valence-electron chi connectivity index (χ2n) is 12.1. The van der Waals surface area contributed by atoms with Crippen LogP contribution in [-0.4, -0.2) is 134 Å². The molecular formula is C26H38N8O10S2. The number of aryl methyl sites for hydroxylation is 1. The van der Waals surface area contributed by atoms with Crippen molar-refractivity contribution in [3.05, 3.63) is 28.1 Å². The number of hydrogen-bond acceptors (Lipinski definition) is 12. The fourth-order valence-corrected chi connectivity index (χ4v) is 8.78. The minimum Gasteiger partial charge on any atom is -0.477 e. The van der Waals surface area contributed by atoms with Gasteiger partial charge in [-0.15, -0.1) is 16.0 Å². The van der Waals surface area contributed by atoms with E-state index in [4.69, 9.17) is 10.3 Å². The first-order valence-corrected chi connectivity index (χ1v) is 16.8. The van der Waals surface area contributed by atoms with Crippen molar-refractivity contribution in [2.75, 3.05) is 33.7 Å². The number of carboxylic acids is 1. The minimum absolute atomic E-state index is 0.00757. The van der Waals surface area contributed by atoms with Crippen LogP contribution in [0.25, 0.3) is 0 Å². The highest BCUT2D eigenvalue weighted by molar-refractivity contribution is 8.03. The Balaban J connectivity index is 0.000000187. The van der Waals surface area contributed by atoms with Gasteiger partial charge in [0.25, 0.3) is 0 Å². The molecule has 6 rings (SSSR count). The maximum absolute atomic E-state index is 12.3. The predicted molar refractivity (Wildman–Crippen MR) is 160 cm³/mol. The number of aliphatic hydroxyl groups excluding tert-OH is 1. The number of nitrogens with one attached hydrogen (secondary N) is 1. The largest absolute Gasteiger partial charge is 0.477 e. The van der Waals surface area contributed by atoms with Gasteiger partial charge in [0.15, 0.2) is 0 Å². The average molecular weight is 687 g/mol. The van der Waals surface area contributed by atoms with Crippen LogP contribution in [0.2, 0.25) is 0 Å². The van der Waals surface area contributed by atoms with Gasteiger partial charge in [-0.3, -0.25) is 18.8 Å². The second kappa shape index (κ2) is 12.4. The summed E-state index contributed by atoms with van der Waals surface area (Å²) in [5, 5.41) is 27.5. The van der Waals surface area contributed by atoms with Crippen molar-refractivity contribution in [2.45, 2.75) is 55.8 Å². The highest BCUT2D eigenvalue weighted by Gasteiger charge is 2.60. The molecule has 6 heterocycles. The zero-order valence-electron chi connectivity index (χ0n) is 25.8. The Bertz CT molecular complexity index is 1580. The normalized spacial score (nSPS) is 30.5. The third kappa shape index (κ3) is 5.75. The summed E-state index contributed by atoms with van der Waals surface area (Å²) in [7, 11) is 0.354. The molecule has 4 amide bonds. The molecule has 254 valence electrons. The molecule has 2 unspecified atom stereocenters. The van der Waals surface area contributed by atoms with E-state index in [0.29, 0.717) is 28.5 Å². The number of aliphatic hydroxyl groups is 1. The number of amides is 4. The molecule has 0 spiro atoms. The van der Waals surface area contributed by atoms with Gasteiger partial charge in [0.1, 0.15) is 11.7 Å². The number of carbonyl (C=O) groups is 4. The first-order valence-electron chi connectivity index (χ1n) is 14.6. The van der Waals surface area contributed by atoms with E-state index >= 15 is 0 Å². The van der Waals surface area contributed by atoms with Gasteiger partial charge in [-0.1, -0.05) is 6.92 Å². The maximum Gasteiger partial charge on any atom is 0.418 e. The molecule has 0 aliphatic carbocycles. The number of aliphatic carboxylic acids is 1. The summed E-state index contributed by atoms with van der Waals surface area (Å²) in [6.07, 6.45) is 1.35. The Labute approximate surface area is 269 Å². The third-order valence-electron chi connectivity index (χ3n) is 8.98. The Morgan fingerprint density at radius 2 is 1.98 bits per heavy atom. The molecule has 2 bridgehead atoms. The molecule has 18 nitrogen and oxygen atoms in total. The number of likely N-dealkylation sites (N-methyl/N-ethyl adjacent to an activating group) is 1. The summed E-state index contributed by atoms with van der Waals surface area (Å²) in [6.45, 7) is 4.48. The predicted octanol–water partition coefficient (Wildman–Crippen LogP) is -1.36. The zero-order chi connectivity index (χ0) is 34.0. The lowest BCUT2D eigenvalue weighted by Crippen LogP contribution is -2.63. The van der Waals surface area contributed by atoms with Gasteiger partial charge in [-0.25, -0.2) is 9.59 Å². The molecular weight excluding hydrogens is 648 g/mol. The van der Waals surface area contributed by atoms with Crippen LogP contribution in [0.4, 0.5) is 4.79 Å². The van der Waals surface area contributed by atoms with Gasteiger partial charge in [0.2, 0.25) is 11.8 Å². The van der Waals surface area contributed by atoms with Crippen molar-refractivity contribution in [3.63, 3.8) is 0 Å². The summed E-state index contributed by atoms with van der Waals surface area (Å²) < 4.78 is 36.5. The number of thioether (sulfide) groups is 1. The number of aromatic nitrogens is 2. The van der Waals surface area contributed by atoms with E-state index in [0.717, 1.165) is 5.69 Å². The van der Waals surface area contributed by atoms with Crippen LogP contribution in [0, 0.1) is 11.8 Å². The fourth-order valence-electron chi connectivity index (χ4n) is 6.94. The molecule has 0 saturated carbocycles. The Morgan fingerprint density at radius 3 is 2.54 bits per heavy atom. The van der Waals surface area contributed by atoms with E-state index in [2.05, 4.69) is 14.7 Å². The van der Waals surface area contributed by atoms with Crippen LogP contribution in [0.5, 0.6) is 0 Å². The molecule has 0 aromatic carbocycles. The molecule has 3 saturated heterocycles. The summed E-state index contributed by atoms with van der Waals surface area (Å²) in [5.74, 6) is -2.14. The highest BCUT2D eigenvalue weighted by Crippen LogP contribution is 2.52. The van der Waals surface area contributed by atoms with Gasteiger partial charge in [0, 0.05) is 55.9 Å². The Morgan fingerprint density at radius 1 is 1.30 bits per heavy atom. The van der Waals surface area contributed by atoms with Crippen molar-refractivity contribution >= 4 is 46.0 Å². The van der Waals surface area contributed by atoms with E-state index < -0.39 is 46.5 Å².